The Hall–Kier alpha value is -1.87. The van der Waals surface area contributed by atoms with Crippen molar-refractivity contribution in [1.29, 1.82) is 0 Å². The average molecular weight is 239 g/mol. The largest absolute Gasteiger partial charge is 0.326 e. The van der Waals surface area contributed by atoms with E-state index in [1.165, 1.54) is 17.7 Å². The predicted molar refractivity (Wildman–Crippen MR) is 73.9 cm³/mol. The Kier molecular flexibility index (Phi) is 2.99. The smallest absolute Gasteiger partial charge is 0.132 e. The van der Waals surface area contributed by atoms with Gasteiger partial charge >= 0.3 is 0 Å². The molecule has 1 aliphatic rings. The van der Waals surface area contributed by atoms with Gasteiger partial charge in [0.05, 0.1) is 0 Å². The summed E-state index contributed by atoms with van der Waals surface area (Å²) >= 11 is 0. The molecular formula is C15H17N3. The minimum atomic E-state index is 0.546. The maximum absolute atomic E-state index is 5.60. The molecule has 2 aromatic rings. The van der Waals surface area contributed by atoms with Crippen molar-refractivity contribution in [2.24, 2.45) is 5.73 Å². The van der Waals surface area contributed by atoms with E-state index in [0.29, 0.717) is 6.54 Å². The number of nitrogens with zero attached hydrogens (tertiary/aromatic N) is 2. The van der Waals surface area contributed by atoms with Gasteiger partial charge in [0.25, 0.3) is 0 Å². The Bertz CT molecular complexity index is 534. The van der Waals surface area contributed by atoms with Crippen LogP contribution >= 0.6 is 0 Å². The number of para-hydroxylation sites is 1. The third-order valence-corrected chi connectivity index (χ3v) is 3.43. The Morgan fingerprint density at radius 1 is 1.17 bits per heavy atom. The van der Waals surface area contributed by atoms with Crippen molar-refractivity contribution in [2.45, 2.75) is 19.4 Å². The first kappa shape index (κ1) is 11.2. The van der Waals surface area contributed by atoms with Crippen LogP contribution in [0.4, 0.5) is 11.5 Å². The van der Waals surface area contributed by atoms with Gasteiger partial charge in [-0.25, -0.2) is 4.98 Å². The average Bonchev–Trinajstić information content (AvgIpc) is 2.47. The quantitative estimate of drug-likeness (QED) is 0.876. The van der Waals surface area contributed by atoms with Gasteiger partial charge in [-0.3, -0.25) is 0 Å². The fourth-order valence-electron chi connectivity index (χ4n) is 2.47. The van der Waals surface area contributed by atoms with E-state index in [1.54, 1.807) is 0 Å². The van der Waals surface area contributed by atoms with E-state index in [-0.39, 0.29) is 0 Å². The van der Waals surface area contributed by atoms with E-state index in [4.69, 9.17) is 5.73 Å². The zero-order chi connectivity index (χ0) is 12.4. The first-order valence-electron chi connectivity index (χ1n) is 6.39. The molecule has 0 aliphatic carbocycles. The van der Waals surface area contributed by atoms with E-state index in [1.807, 2.05) is 6.20 Å². The van der Waals surface area contributed by atoms with Crippen molar-refractivity contribution in [3.05, 3.63) is 53.7 Å². The fourth-order valence-corrected chi connectivity index (χ4v) is 2.47. The molecule has 0 bridgehead atoms. The molecule has 2 N–H and O–H groups in total. The van der Waals surface area contributed by atoms with Gasteiger partial charge in [-0.05, 0) is 36.1 Å². The van der Waals surface area contributed by atoms with Crippen molar-refractivity contribution in [3.63, 3.8) is 0 Å². The molecule has 0 spiro atoms. The summed E-state index contributed by atoms with van der Waals surface area (Å²) in [6.07, 6.45) is 4.21. The molecule has 0 saturated carbocycles. The molecule has 0 fully saturated rings. The maximum atomic E-state index is 5.60. The van der Waals surface area contributed by atoms with Gasteiger partial charge in [0.2, 0.25) is 0 Å². The molecule has 3 rings (SSSR count). The van der Waals surface area contributed by atoms with Crippen LogP contribution in [-0.4, -0.2) is 11.5 Å². The first-order valence-corrected chi connectivity index (χ1v) is 6.39. The van der Waals surface area contributed by atoms with Crippen LogP contribution in [0.1, 0.15) is 17.5 Å². The van der Waals surface area contributed by atoms with Gasteiger partial charge < -0.3 is 10.6 Å². The van der Waals surface area contributed by atoms with Gasteiger partial charge in [0, 0.05) is 25.0 Å². The number of hydrogen-bond donors (Lipinski definition) is 1. The number of fused-ring (bicyclic) bond motifs is 1. The highest BCUT2D eigenvalue weighted by Crippen LogP contribution is 2.31. The minimum Gasteiger partial charge on any atom is -0.326 e. The lowest BCUT2D eigenvalue weighted by molar-refractivity contribution is 0.759. The zero-order valence-corrected chi connectivity index (χ0v) is 10.3. The second-order valence-corrected chi connectivity index (χ2v) is 4.61. The summed E-state index contributed by atoms with van der Waals surface area (Å²) < 4.78 is 0. The Balaban J connectivity index is 1.97. The van der Waals surface area contributed by atoms with Crippen LogP contribution in [0.2, 0.25) is 0 Å². The summed E-state index contributed by atoms with van der Waals surface area (Å²) in [6.45, 7) is 1.58. The van der Waals surface area contributed by atoms with Crippen molar-refractivity contribution in [1.82, 2.24) is 4.98 Å². The summed E-state index contributed by atoms with van der Waals surface area (Å²) in [7, 11) is 0. The lowest BCUT2D eigenvalue weighted by atomic mass is 10.0. The van der Waals surface area contributed by atoms with Crippen LogP contribution in [0.5, 0.6) is 0 Å². The summed E-state index contributed by atoms with van der Waals surface area (Å²) in [4.78, 5) is 6.81. The normalized spacial score (nSPS) is 14.4. The molecular weight excluding hydrogens is 222 g/mol. The summed E-state index contributed by atoms with van der Waals surface area (Å²) in [5, 5.41) is 0. The molecule has 0 atom stereocenters. The number of aryl methyl sites for hydroxylation is 1. The van der Waals surface area contributed by atoms with Crippen LogP contribution in [-0.2, 0) is 13.0 Å². The molecule has 92 valence electrons. The highest BCUT2D eigenvalue weighted by molar-refractivity contribution is 5.65. The highest BCUT2D eigenvalue weighted by Gasteiger charge is 2.18. The number of aromatic nitrogens is 1. The lowest BCUT2D eigenvalue weighted by Gasteiger charge is -2.30. The maximum Gasteiger partial charge on any atom is 0.132 e. The molecule has 1 aromatic carbocycles. The van der Waals surface area contributed by atoms with Crippen molar-refractivity contribution in [2.75, 3.05) is 11.4 Å². The second kappa shape index (κ2) is 4.78. The van der Waals surface area contributed by atoms with Gasteiger partial charge in [-0.2, -0.15) is 0 Å². The third-order valence-electron chi connectivity index (χ3n) is 3.43. The molecule has 0 saturated heterocycles. The van der Waals surface area contributed by atoms with Crippen LogP contribution in [0.25, 0.3) is 0 Å². The van der Waals surface area contributed by atoms with Crippen LogP contribution in [0.15, 0.2) is 42.6 Å². The van der Waals surface area contributed by atoms with Gasteiger partial charge in [-0.15, -0.1) is 0 Å². The zero-order valence-electron chi connectivity index (χ0n) is 10.3. The van der Waals surface area contributed by atoms with Crippen LogP contribution < -0.4 is 10.6 Å². The van der Waals surface area contributed by atoms with Crippen molar-refractivity contribution < 1.29 is 0 Å². The fraction of sp³-hybridized carbons (Fsp3) is 0.267. The van der Waals surface area contributed by atoms with E-state index in [0.717, 1.165) is 24.3 Å². The molecule has 0 radical (unpaired) electrons. The summed E-state index contributed by atoms with van der Waals surface area (Å²) in [6, 6.07) is 12.7. The van der Waals surface area contributed by atoms with Crippen molar-refractivity contribution >= 4 is 11.5 Å². The first-order chi connectivity index (χ1) is 8.88. The Labute approximate surface area is 107 Å². The van der Waals surface area contributed by atoms with Gasteiger partial charge in [0.15, 0.2) is 0 Å². The molecule has 3 heteroatoms. The highest BCUT2D eigenvalue weighted by atomic mass is 15.2. The standard InChI is InChI=1S/C15H17N3/c16-10-12-7-8-15(17-11-12)18-9-3-5-13-4-1-2-6-14(13)18/h1-2,4,6-8,11H,3,5,9-10,16H2. The molecule has 0 amide bonds. The molecule has 2 heterocycles. The third kappa shape index (κ3) is 1.97. The van der Waals surface area contributed by atoms with E-state index in [2.05, 4.69) is 46.3 Å². The lowest BCUT2D eigenvalue weighted by Crippen LogP contribution is -2.25. The minimum absolute atomic E-state index is 0.546. The number of hydrogen-bond acceptors (Lipinski definition) is 3. The number of benzene rings is 1. The predicted octanol–water partition coefficient (Wildman–Crippen LogP) is 2.62. The number of anilines is 2. The van der Waals surface area contributed by atoms with E-state index < -0.39 is 0 Å². The molecule has 0 unspecified atom stereocenters. The van der Waals surface area contributed by atoms with E-state index >= 15 is 0 Å². The van der Waals surface area contributed by atoms with Crippen molar-refractivity contribution in [3.8, 4) is 0 Å². The van der Waals surface area contributed by atoms with E-state index in [9.17, 15) is 0 Å². The Morgan fingerprint density at radius 3 is 2.83 bits per heavy atom. The van der Waals surface area contributed by atoms with Crippen LogP contribution in [0.3, 0.4) is 0 Å². The van der Waals surface area contributed by atoms with Crippen LogP contribution in [0, 0.1) is 0 Å². The molecule has 1 aliphatic heterocycles. The summed E-state index contributed by atoms with van der Waals surface area (Å²) in [5.74, 6) is 1.01. The number of rotatable bonds is 2. The second-order valence-electron chi connectivity index (χ2n) is 4.61. The Morgan fingerprint density at radius 2 is 2.06 bits per heavy atom. The van der Waals surface area contributed by atoms with Gasteiger partial charge in [0.1, 0.15) is 5.82 Å². The SMILES string of the molecule is NCc1ccc(N2CCCc3ccccc32)nc1. The summed E-state index contributed by atoms with van der Waals surface area (Å²) in [5.41, 5.74) is 9.37. The molecule has 18 heavy (non-hydrogen) atoms. The molecule has 1 aromatic heterocycles. The number of nitrogens with two attached hydrogens (primary N) is 1. The molecule has 3 nitrogen and oxygen atoms in total. The number of pyridine rings is 1. The topological polar surface area (TPSA) is 42.1 Å². The van der Waals surface area contributed by atoms with Gasteiger partial charge in [-0.1, -0.05) is 24.3 Å². The monoisotopic (exact) mass is 239 g/mol.